The minimum absolute atomic E-state index is 0.0248. The summed E-state index contributed by atoms with van der Waals surface area (Å²) in [7, 11) is 0. The molecule has 1 aliphatic rings. The van der Waals surface area contributed by atoms with Crippen LogP contribution in [0.2, 0.25) is 5.02 Å². The first kappa shape index (κ1) is 19.9. The van der Waals surface area contributed by atoms with Crippen LogP contribution in [0, 0.1) is 5.82 Å². The molecule has 5 nitrogen and oxygen atoms in total. The quantitative estimate of drug-likeness (QED) is 0.530. The predicted molar refractivity (Wildman–Crippen MR) is 113 cm³/mol. The molecule has 1 aromatic heterocycles. The van der Waals surface area contributed by atoms with Crippen LogP contribution < -0.4 is 5.32 Å². The molecule has 8 heteroatoms. The van der Waals surface area contributed by atoms with Crippen molar-refractivity contribution in [1.29, 1.82) is 0 Å². The number of halogens is 2. The van der Waals surface area contributed by atoms with Crippen LogP contribution in [0.3, 0.4) is 0 Å². The molecule has 0 saturated heterocycles. The van der Waals surface area contributed by atoms with Gasteiger partial charge in [0, 0.05) is 18.2 Å². The van der Waals surface area contributed by atoms with Crippen molar-refractivity contribution < 1.29 is 9.18 Å². The molecular weight excluding hydrogens is 411 g/mol. The van der Waals surface area contributed by atoms with Crippen LogP contribution in [0.1, 0.15) is 36.6 Å². The van der Waals surface area contributed by atoms with E-state index in [2.05, 4.69) is 51.3 Å². The molecule has 1 saturated carbocycles. The minimum Gasteiger partial charge on any atom is -0.325 e. The fraction of sp³-hybridized carbons (Fsp3) is 0.286. The molecule has 0 spiro atoms. The number of hydrogen-bond acceptors (Lipinski definition) is 4. The second-order valence-electron chi connectivity index (χ2n) is 6.91. The minimum atomic E-state index is -0.517. The van der Waals surface area contributed by atoms with Crippen LogP contribution >= 0.6 is 23.4 Å². The lowest BCUT2D eigenvalue weighted by atomic mass is 10.1. The van der Waals surface area contributed by atoms with Gasteiger partial charge < -0.3 is 9.88 Å². The van der Waals surface area contributed by atoms with E-state index in [4.69, 9.17) is 11.6 Å². The lowest BCUT2D eigenvalue weighted by Crippen LogP contribution is -2.14. The molecule has 1 fully saturated rings. The van der Waals surface area contributed by atoms with E-state index < -0.39 is 5.82 Å². The number of benzene rings is 2. The number of hydrogen-bond donors (Lipinski definition) is 1. The fourth-order valence-electron chi connectivity index (χ4n) is 3.43. The number of nitrogens with zero attached hydrogens (tertiary/aromatic N) is 3. The van der Waals surface area contributed by atoms with Crippen LogP contribution in [0.25, 0.3) is 0 Å². The van der Waals surface area contributed by atoms with Crippen molar-refractivity contribution in [2.24, 2.45) is 0 Å². The molecule has 1 aliphatic carbocycles. The first-order chi connectivity index (χ1) is 14.1. The topological polar surface area (TPSA) is 59.8 Å². The van der Waals surface area contributed by atoms with Crippen LogP contribution in [-0.4, -0.2) is 26.4 Å². The van der Waals surface area contributed by atoms with Crippen molar-refractivity contribution in [1.82, 2.24) is 14.8 Å². The van der Waals surface area contributed by atoms with Crippen LogP contribution in [0.15, 0.2) is 53.7 Å². The Balaban J connectivity index is 1.38. The van der Waals surface area contributed by atoms with E-state index in [-0.39, 0.29) is 16.7 Å². The summed E-state index contributed by atoms with van der Waals surface area (Å²) in [6.07, 6.45) is 1.07. The summed E-state index contributed by atoms with van der Waals surface area (Å²) in [6.45, 7) is 2.80. The van der Waals surface area contributed by atoms with E-state index in [1.54, 1.807) is 0 Å². The Kier molecular flexibility index (Phi) is 5.87. The molecule has 2 unspecified atom stereocenters. The van der Waals surface area contributed by atoms with Crippen molar-refractivity contribution in [3.05, 3.63) is 70.8 Å². The molecule has 0 radical (unpaired) electrons. The summed E-state index contributed by atoms with van der Waals surface area (Å²) in [5, 5.41) is 12.1. The molecule has 3 aromatic rings. The largest absolute Gasteiger partial charge is 0.325 e. The number of anilines is 1. The molecule has 1 heterocycles. The van der Waals surface area contributed by atoms with E-state index in [1.165, 1.54) is 35.5 Å². The highest BCUT2D eigenvalue weighted by molar-refractivity contribution is 7.99. The molecule has 4 rings (SSSR count). The van der Waals surface area contributed by atoms with Gasteiger partial charge in [-0.15, -0.1) is 10.2 Å². The first-order valence-electron chi connectivity index (χ1n) is 9.42. The lowest BCUT2D eigenvalue weighted by Gasteiger charge is -2.08. The maximum absolute atomic E-state index is 13.2. The van der Waals surface area contributed by atoms with Gasteiger partial charge in [0.05, 0.1) is 10.8 Å². The summed E-state index contributed by atoms with van der Waals surface area (Å²) < 4.78 is 15.3. The summed E-state index contributed by atoms with van der Waals surface area (Å²) in [6, 6.07) is 14.5. The Morgan fingerprint density at radius 3 is 2.76 bits per heavy atom. The summed E-state index contributed by atoms with van der Waals surface area (Å²) in [5.41, 5.74) is 1.79. The van der Waals surface area contributed by atoms with Gasteiger partial charge in [-0.05, 0) is 43.0 Å². The van der Waals surface area contributed by atoms with Crippen molar-refractivity contribution in [2.45, 2.75) is 36.9 Å². The van der Waals surface area contributed by atoms with E-state index in [0.29, 0.717) is 17.5 Å². The van der Waals surface area contributed by atoms with Crippen LogP contribution in [0.5, 0.6) is 0 Å². The average Bonchev–Trinajstić information content (AvgIpc) is 3.42. The van der Waals surface area contributed by atoms with E-state index in [9.17, 15) is 9.18 Å². The van der Waals surface area contributed by atoms with Gasteiger partial charge in [0.1, 0.15) is 11.6 Å². The Morgan fingerprint density at radius 1 is 1.24 bits per heavy atom. The third kappa shape index (κ3) is 4.46. The summed E-state index contributed by atoms with van der Waals surface area (Å²) in [5.74, 6) is 1.29. The van der Waals surface area contributed by atoms with Gasteiger partial charge in [0.15, 0.2) is 5.16 Å². The maximum Gasteiger partial charge on any atom is 0.234 e. The number of thioether (sulfide) groups is 1. The van der Waals surface area contributed by atoms with Gasteiger partial charge in [-0.1, -0.05) is 53.7 Å². The zero-order valence-corrected chi connectivity index (χ0v) is 17.4. The third-order valence-corrected chi connectivity index (χ3v) is 6.20. The number of carbonyl (C=O) groups excluding carboxylic acids is 1. The Bertz CT molecular complexity index is 1030. The first-order valence-corrected chi connectivity index (χ1v) is 10.8. The number of carbonyl (C=O) groups is 1. The molecule has 0 aliphatic heterocycles. The molecule has 29 heavy (non-hydrogen) atoms. The highest BCUT2D eigenvalue weighted by Crippen LogP contribution is 2.54. The van der Waals surface area contributed by atoms with Gasteiger partial charge in [0.2, 0.25) is 5.91 Å². The monoisotopic (exact) mass is 430 g/mol. The third-order valence-electron chi connectivity index (χ3n) is 4.95. The second-order valence-corrected chi connectivity index (χ2v) is 8.26. The smallest absolute Gasteiger partial charge is 0.234 e. The molecular formula is C21H20ClFN4OS. The van der Waals surface area contributed by atoms with Gasteiger partial charge >= 0.3 is 0 Å². The van der Waals surface area contributed by atoms with E-state index in [1.807, 2.05) is 6.07 Å². The highest BCUT2D eigenvalue weighted by atomic mass is 35.5. The molecule has 2 atom stereocenters. The van der Waals surface area contributed by atoms with Gasteiger partial charge in [-0.25, -0.2) is 4.39 Å². The van der Waals surface area contributed by atoms with Crippen molar-refractivity contribution >= 4 is 35.0 Å². The Hall–Kier alpha value is -2.38. The van der Waals surface area contributed by atoms with Gasteiger partial charge in [-0.2, -0.15) is 0 Å². The zero-order chi connectivity index (χ0) is 20.4. The second kappa shape index (κ2) is 8.55. The molecule has 1 amide bonds. The standard InChI is InChI=1S/C21H20ClFN4OS/c1-2-27-20(16-11-15(16)13-6-4-3-5-7-13)25-26-21(27)29-12-19(28)24-14-8-9-18(23)17(22)10-14/h3-10,15-16H,2,11-12H2,1H3,(H,24,28). The Labute approximate surface area is 177 Å². The average molecular weight is 431 g/mol. The van der Waals surface area contributed by atoms with Crippen molar-refractivity contribution in [3.8, 4) is 0 Å². The number of nitrogens with one attached hydrogen (secondary N) is 1. The van der Waals surface area contributed by atoms with Crippen LogP contribution in [-0.2, 0) is 11.3 Å². The summed E-state index contributed by atoms with van der Waals surface area (Å²) in [4.78, 5) is 12.2. The Morgan fingerprint density at radius 2 is 2.03 bits per heavy atom. The lowest BCUT2D eigenvalue weighted by molar-refractivity contribution is -0.113. The molecule has 150 valence electrons. The van der Waals surface area contributed by atoms with Crippen molar-refractivity contribution in [3.63, 3.8) is 0 Å². The number of rotatable bonds is 7. The zero-order valence-electron chi connectivity index (χ0n) is 15.8. The summed E-state index contributed by atoms with van der Waals surface area (Å²) >= 11 is 7.09. The SMILES string of the molecule is CCn1c(SCC(=O)Nc2ccc(F)c(Cl)c2)nnc1C1CC1c1ccccc1. The van der Waals surface area contributed by atoms with E-state index in [0.717, 1.165) is 23.9 Å². The normalized spacial score (nSPS) is 17.9. The molecule has 1 N–H and O–H groups in total. The van der Waals surface area contributed by atoms with Crippen LogP contribution in [0.4, 0.5) is 10.1 Å². The number of aromatic nitrogens is 3. The van der Waals surface area contributed by atoms with E-state index >= 15 is 0 Å². The van der Waals surface area contributed by atoms with Gasteiger partial charge in [-0.3, -0.25) is 4.79 Å². The fourth-order valence-corrected chi connectivity index (χ4v) is 4.42. The molecule has 2 aromatic carbocycles. The maximum atomic E-state index is 13.2. The molecule has 0 bridgehead atoms. The highest BCUT2D eigenvalue weighted by Gasteiger charge is 2.43. The number of amides is 1. The predicted octanol–water partition coefficient (Wildman–Crippen LogP) is 5.09. The van der Waals surface area contributed by atoms with Crippen molar-refractivity contribution in [2.75, 3.05) is 11.1 Å². The van der Waals surface area contributed by atoms with Gasteiger partial charge in [0.25, 0.3) is 0 Å².